The molecule has 0 N–H and O–H groups in total. The molecule has 0 bridgehead atoms. The zero-order chi connectivity index (χ0) is 14.0. The third-order valence-electron chi connectivity index (χ3n) is 1.41. The van der Waals surface area contributed by atoms with Crippen molar-refractivity contribution in [3.63, 3.8) is 0 Å². The van der Waals surface area contributed by atoms with Crippen LogP contribution in [0.1, 0.15) is 38.2 Å². The van der Waals surface area contributed by atoms with Crippen molar-refractivity contribution in [1.29, 1.82) is 0 Å². The maximum absolute atomic E-state index is 11.3. The topological polar surface area (TPSA) is 78.4 Å². The number of ether oxygens (including phenoxy) is 2. The standard InChI is InChI=1S/C9H12N2O2.C3H6O2/c1-9(2,3)13-8(12)7-6-10-4-5-11-7;1-2-5-3-4/h4-6H,1-3H3;3H,2H2,1H3. The van der Waals surface area contributed by atoms with E-state index in [1.807, 2.05) is 0 Å². The van der Waals surface area contributed by atoms with Crippen LogP contribution >= 0.6 is 0 Å². The van der Waals surface area contributed by atoms with Crippen LogP contribution in [0, 0.1) is 0 Å². The summed E-state index contributed by atoms with van der Waals surface area (Å²) in [5.74, 6) is -0.444. The van der Waals surface area contributed by atoms with Crippen LogP contribution in [-0.2, 0) is 14.3 Å². The fraction of sp³-hybridized carbons (Fsp3) is 0.500. The Labute approximate surface area is 106 Å². The third kappa shape index (κ3) is 8.20. The van der Waals surface area contributed by atoms with Crippen molar-refractivity contribution in [3.05, 3.63) is 24.3 Å². The summed E-state index contributed by atoms with van der Waals surface area (Å²) in [5.41, 5.74) is -0.258. The average molecular weight is 254 g/mol. The van der Waals surface area contributed by atoms with Crippen molar-refractivity contribution in [1.82, 2.24) is 9.97 Å². The molecule has 6 nitrogen and oxygen atoms in total. The Balaban J connectivity index is 0.000000494. The van der Waals surface area contributed by atoms with E-state index < -0.39 is 11.6 Å². The molecule has 0 saturated carbocycles. The van der Waals surface area contributed by atoms with Gasteiger partial charge < -0.3 is 9.47 Å². The van der Waals surface area contributed by atoms with Crippen LogP contribution in [0.15, 0.2) is 18.6 Å². The van der Waals surface area contributed by atoms with E-state index in [4.69, 9.17) is 4.74 Å². The summed E-state index contributed by atoms with van der Waals surface area (Å²) in [4.78, 5) is 28.1. The molecule has 0 unspecified atom stereocenters. The van der Waals surface area contributed by atoms with E-state index in [1.54, 1.807) is 27.7 Å². The number of hydrogen-bond donors (Lipinski definition) is 0. The minimum atomic E-state index is -0.491. The fourth-order valence-electron chi connectivity index (χ4n) is 0.803. The largest absolute Gasteiger partial charge is 0.468 e. The first-order valence-corrected chi connectivity index (χ1v) is 5.45. The zero-order valence-electron chi connectivity index (χ0n) is 11.0. The normalized spacial score (nSPS) is 9.78. The number of carbonyl (C=O) groups is 2. The van der Waals surface area contributed by atoms with Crippen molar-refractivity contribution < 1.29 is 19.1 Å². The second-order valence-electron chi connectivity index (χ2n) is 4.14. The molecule has 0 aliphatic heterocycles. The first-order valence-electron chi connectivity index (χ1n) is 5.45. The molecule has 100 valence electrons. The van der Waals surface area contributed by atoms with Crippen molar-refractivity contribution >= 4 is 12.4 Å². The molecule has 0 atom stereocenters. The molecule has 0 spiro atoms. The van der Waals surface area contributed by atoms with Crippen LogP contribution in [0.25, 0.3) is 0 Å². The van der Waals surface area contributed by atoms with Crippen molar-refractivity contribution in [2.24, 2.45) is 0 Å². The molecule has 1 aromatic heterocycles. The van der Waals surface area contributed by atoms with E-state index in [0.717, 1.165) is 0 Å². The lowest BCUT2D eigenvalue weighted by Crippen LogP contribution is -2.24. The van der Waals surface area contributed by atoms with Crippen LogP contribution in [0.3, 0.4) is 0 Å². The van der Waals surface area contributed by atoms with Crippen LogP contribution in [0.2, 0.25) is 0 Å². The van der Waals surface area contributed by atoms with Crippen LogP contribution in [0.5, 0.6) is 0 Å². The number of esters is 1. The number of rotatable bonds is 3. The predicted molar refractivity (Wildman–Crippen MR) is 64.9 cm³/mol. The minimum absolute atomic E-state index is 0.234. The van der Waals surface area contributed by atoms with Gasteiger partial charge in [-0.2, -0.15) is 0 Å². The zero-order valence-corrected chi connectivity index (χ0v) is 11.0. The molecule has 18 heavy (non-hydrogen) atoms. The smallest absolute Gasteiger partial charge is 0.359 e. The van der Waals surface area contributed by atoms with Crippen LogP contribution in [-0.4, -0.2) is 34.6 Å². The van der Waals surface area contributed by atoms with Gasteiger partial charge in [-0.3, -0.25) is 9.78 Å². The summed E-state index contributed by atoms with van der Waals surface area (Å²) >= 11 is 0. The van der Waals surface area contributed by atoms with Gasteiger partial charge in [0.2, 0.25) is 0 Å². The molecule has 1 heterocycles. The number of aromatic nitrogens is 2. The number of carbonyl (C=O) groups excluding carboxylic acids is 2. The molecule has 1 rings (SSSR count). The van der Waals surface area contributed by atoms with Crippen molar-refractivity contribution in [3.8, 4) is 0 Å². The molecule has 0 fully saturated rings. The molecule has 0 radical (unpaired) electrons. The van der Waals surface area contributed by atoms with Gasteiger partial charge in [0.15, 0.2) is 5.69 Å². The number of hydrogen-bond acceptors (Lipinski definition) is 6. The Bertz CT molecular complexity index is 360. The highest BCUT2D eigenvalue weighted by Crippen LogP contribution is 2.09. The molecular formula is C12H18N2O4. The summed E-state index contributed by atoms with van der Waals surface area (Å²) in [5, 5.41) is 0. The highest BCUT2D eigenvalue weighted by atomic mass is 16.6. The Morgan fingerprint density at radius 3 is 2.39 bits per heavy atom. The molecule has 0 aliphatic rings. The van der Waals surface area contributed by atoms with Crippen LogP contribution in [0.4, 0.5) is 0 Å². The highest BCUT2D eigenvalue weighted by molar-refractivity contribution is 5.87. The first kappa shape index (κ1) is 16.0. The second-order valence-corrected chi connectivity index (χ2v) is 4.14. The molecule has 0 amide bonds. The average Bonchev–Trinajstić information content (AvgIpc) is 2.30. The van der Waals surface area contributed by atoms with E-state index in [9.17, 15) is 9.59 Å². The second kappa shape index (κ2) is 8.16. The lowest BCUT2D eigenvalue weighted by Gasteiger charge is -2.18. The van der Waals surface area contributed by atoms with Crippen molar-refractivity contribution in [2.75, 3.05) is 6.61 Å². The Morgan fingerprint density at radius 1 is 1.39 bits per heavy atom. The van der Waals surface area contributed by atoms with E-state index in [2.05, 4.69) is 14.7 Å². The van der Waals surface area contributed by atoms with E-state index in [-0.39, 0.29) is 5.69 Å². The monoisotopic (exact) mass is 254 g/mol. The predicted octanol–water partition coefficient (Wildman–Crippen LogP) is 1.61. The van der Waals surface area contributed by atoms with Gasteiger partial charge in [0, 0.05) is 12.4 Å². The van der Waals surface area contributed by atoms with Gasteiger partial charge in [-0.25, -0.2) is 9.78 Å². The molecule has 0 aliphatic carbocycles. The van der Waals surface area contributed by atoms with Gasteiger partial charge in [-0.1, -0.05) is 0 Å². The van der Waals surface area contributed by atoms with Crippen molar-refractivity contribution in [2.45, 2.75) is 33.3 Å². The Hall–Kier alpha value is -1.98. The van der Waals surface area contributed by atoms with Gasteiger partial charge in [-0.15, -0.1) is 0 Å². The SMILES string of the molecule is CC(C)(C)OC(=O)c1cnccn1.CCOC=O. The molecular weight excluding hydrogens is 236 g/mol. The van der Waals surface area contributed by atoms with Gasteiger partial charge in [-0.05, 0) is 27.7 Å². The number of nitrogens with zero attached hydrogens (tertiary/aromatic N) is 2. The summed E-state index contributed by atoms with van der Waals surface area (Å²) in [7, 11) is 0. The molecule has 0 saturated heterocycles. The Morgan fingerprint density at radius 2 is 2.06 bits per heavy atom. The third-order valence-corrected chi connectivity index (χ3v) is 1.41. The summed E-state index contributed by atoms with van der Waals surface area (Å²) in [6, 6.07) is 0. The maximum atomic E-state index is 11.3. The lowest BCUT2D eigenvalue weighted by atomic mass is 10.2. The summed E-state index contributed by atoms with van der Waals surface area (Å²) in [6.07, 6.45) is 4.35. The van der Waals surface area contributed by atoms with Gasteiger partial charge in [0.25, 0.3) is 6.47 Å². The Kier molecular flexibility index (Phi) is 7.26. The maximum Gasteiger partial charge on any atom is 0.359 e. The quantitative estimate of drug-likeness (QED) is 0.602. The minimum Gasteiger partial charge on any atom is -0.468 e. The van der Waals surface area contributed by atoms with Crippen LogP contribution < -0.4 is 0 Å². The summed E-state index contributed by atoms with van der Waals surface area (Å²) in [6.45, 7) is 8.09. The highest BCUT2D eigenvalue weighted by Gasteiger charge is 2.18. The lowest BCUT2D eigenvalue weighted by molar-refractivity contribution is -0.128. The molecule has 1 aromatic rings. The molecule has 6 heteroatoms. The van der Waals surface area contributed by atoms with E-state index >= 15 is 0 Å². The van der Waals surface area contributed by atoms with Gasteiger partial charge in [0.1, 0.15) is 5.60 Å². The van der Waals surface area contributed by atoms with Gasteiger partial charge in [0.05, 0.1) is 12.8 Å². The summed E-state index contributed by atoms with van der Waals surface area (Å²) < 4.78 is 9.24. The molecule has 0 aromatic carbocycles. The van der Waals surface area contributed by atoms with E-state index in [1.165, 1.54) is 18.6 Å². The fourth-order valence-corrected chi connectivity index (χ4v) is 0.803. The first-order chi connectivity index (χ1) is 8.40. The van der Waals surface area contributed by atoms with E-state index in [0.29, 0.717) is 13.1 Å². The van der Waals surface area contributed by atoms with Gasteiger partial charge >= 0.3 is 5.97 Å².